The molecular formula is C18H29NO2S. The number of benzene rings is 1. The minimum absolute atomic E-state index is 0.275. The molecule has 124 valence electrons. The molecule has 1 aromatic rings. The molecule has 1 saturated carbocycles. The Hall–Kier alpha value is -0.710. The molecule has 1 aromatic carbocycles. The zero-order chi connectivity index (χ0) is 15.9. The van der Waals surface area contributed by atoms with Gasteiger partial charge in [0, 0.05) is 6.04 Å². The molecule has 2 rings (SSSR count). The fraction of sp³-hybridized carbons (Fsp3) is 0.667. The van der Waals surface area contributed by atoms with E-state index in [0.717, 1.165) is 24.8 Å². The van der Waals surface area contributed by atoms with Gasteiger partial charge in [-0.25, -0.2) is 4.21 Å². The topological polar surface area (TPSA) is 63.3 Å². The normalized spacial score (nSPS) is 20.5. The van der Waals surface area contributed by atoms with Gasteiger partial charge in [-0.15, -0.1) is 0 Å². The number of nitrogens with two attached hydrogens (primary N) is 1. The summed E-state index contributed by atoms with van der Waals surface area (Å²) < 4.78 is 20.9. The molecule has 0 amide bonds. The van der Waals surface area contributed by atoms with Crippen LogP contribution in [0.3, 0.4) is 0 Å². The summed E-state index contributed by atoms with van der Waals surface area (Å²) in [6.45, 7) is 2.19. The number of hydrogen-bond acceptors (Lipinski definition) is 2. The van der Waals surface area contributed by atoms with Crippen molar-refractivity contribution in [1.82, 2.24) is 0 Å². The highest BCUT2D eigenvalue weighted by molar-refractivity contribution is 7.79. The van der Waals surface area contributed by atoms with Gasteiger partial charge in [0.1, 0.15) is 0 Å². The molecule has 3 nitrogen and oxygen atoms in total. The van der Waals surface area contributed by atoms with Crippen LogP contribution in [0.1, 0.15) is 57.4 Å². The SMILES string of the molecule is CCC(Cc1ccccc1S(=O)O)C[C@@H](N)C1CCCCC1. The van der Waals surface area contributed by atoms with Crippen molar-refractivity contribution in [2.75, 3.05) is 0 Å². The molecule has 0 saturated heterocycles. The van der Waals surface area contributed by atoms with Gasteiger partial charge in [-0.3, -0.25) is 0 Å². The summed E-state index contributed by atoms with van der Waals surface area (Å²) in [6, 6.07) is 7.76. The lowest BCUT2D eigenvalue weighted by atomic mass is 9.79. The van der Waals surface area contributed by atoms with Crippen molar-refractivity contribution in [1.29, 1.82) is 0 Å². The number of hydrogen-bond donors (Lipinski definition) is 2. The standard InChI is InChI=1S/C18H29NO2S/c1-2-14(13-17(19)15-8-4-3-5-9-15)12-16-10-6-7-11-18(16)22(20)21/h6-7,10-11,14-15,17H,2-5,8-9,12-13,19H2,1H3,(H,20,21)/t14?,17-/m1/s1. The minimum atomic E-state index is -1.91. The van der Waals surface area contributed by atoms with E-state index in [-0.39, 0.29) is 6.04 Å². The average Bonchev–Trinajstić information content (AvgIpc) is 2.55. The van der Waals surface area contributed by atoms with Crippen LogP contribution in [0, 0.1) is 11.8 Å². The van der Waals surface area contributed by atoms with Crippen LogP contribution < -0.4 is 5.73 Å². The summed E-state index contributed by atoms with van der Waals surface area (Å²) in [5.74, 6) is 1.16. The van der Waals surface area contributed by atoms with Gasteiger partial charge < -0.3 is 10.3 Å². The maximum Gasteiger partial charge on any atom is 0.186 e. The van der Waals surface area contributed by atoms with Crippen molar-refractivity contribution < 1.29 is 8.76 Å². The van der Waals surface area contributed by atoms with Crippen molar-refractivity contribution in [3.63, 3.8) is 0 Å². The number of rotatable bonds is 7. The molecule has 1 aliphatic rings. The van der Waals surface area contributed by atoms with Gasteiger partial charge >= 0.3 is 0 Å². The maximum absolute atomic E-state index is 11.4. The lowest BCUT2D eigenvalue weighted by Gasteiger charge is -2.30. The van der Waals surface area contributed by atoms with Crippen LogP contribution in [0.25, 0.3) is 0 Å². The molecule has 4 heteroatoms. The van der Waals surface area contributed by atoms with Gasteiger partial charge in [-0.1, -0.05) is 50.8 Å². The summed E-state index contributed by atoms with van der Waals surface area (Å²) >= 11 is -1.91. The van der Waals surface area contributed by atoms with Crippen LogP contribution in [0.5, 0.6) is 0 Å². The molecule has 0 radical (unpaired) electrons. The molecule has 0 heterocycles. The second-order valence-electron chi connectivity index (χ2n) is 6.63. The van der Waals surface area contributed by atoms with Crippen LogP contribution in [-0.2, 0) is 17.5 Å². The monoisotopic (exact) mass is 323 g/mol. The smallest absolute Gasteiger partial charge is 0.186 e. The van der Waals surface area contributed by atoms with Gasteiger partial charge in [0.2, 0.25) is 0 Å². The molecule has 3 atom stereocenters. The van der Waals surface area contributed by atoms with Crippen LogP contribution in [-0.4, -0.2) is 14.8 Å². The molecule has 0 aromatic heterocycles. The highest BCUT2D eigenvalue weighted by Gasteiger charge is 2.23. The van der Waals surface area contributed by atoms with Gasteiger partial charge in [-0.05, 0) is 49.1 Å². The van der Waals surface area contributed by atoms with Gasteiger partial charge in [0.25, 0.3) is 0 Å². The van der Waals surface area contributed by atoms with Crippen LogP contribution in [0.2, 0.25) is 0 Å². The Bertz CT molecular complexity index is 486. The highest BCUT2D eigenvalue weighted by Crippen LogP contribution is 2.30. The van der Waals surface area contributed by atoms with Crippen LogP contribution in [0.4, 0.5) is 0 Å². The van der Waals surface area contributed by atoms with Gasteiger partial charge in [0.15, 0.2) is 11.1 Å². The molecule has 22 heavy (non-hydrogen) atoms. The summed E-state index contributed by atoms with van der Waals surface area (Å²) in [6.07, 6.45) is 9.47. The third kappa shape index (κ3) is 4.90. The molecule has 1 fully saturated rings. The Morgan fingerprint density at radius 1 is 1.27 bits per heavy atom. The van der Waals surface area contributed by atoms with E-state index in [4.69, 9.17) is 5.73 Å². The lowest BCUT2D eigenvalue weighted by Crippen LogP contribution is -2.34. The maximum atomic E-state index is 11.4. The first kappa shape index (κ1) is 17.6. The Morgan fingerprint density at radius 3 is 2.59 bits per heavy atom. The second-order valence-corrected chi connectivity index (χ2v) is 7.57. The Kier molecular flexibility index (Phi) is 7.06. The van der Waals surface area contributed by atoms with Crippen molar-refractivity contribution in [2.24, 2.45) is 17.6 Å². The third-order valence-corrected chi connectivity index (χ3v) is 5.88. The molecule has 1 aliphatic carbocycles. The van der Waals surface area contributed by atoms with Gasteiger partial charge in [-0.2, -0.15) is 0 Å². The first-order valence-corrected chi connectivity index (χ1v) is 9.66. The predicted octanol–water partition coefficient (Wildman–Crippen LogP) is 4.13. The van der Waals surface area contributed by atoms with Gasteiger partial charge in [0.05, 0.1) is 4.90 Å². The van der Waals surface area contributed by atoms with E-state index in [1.807, 2.05) is 18.2 Å². The van der Waals surface area contributed by atoms with Crippen LogP contribution in [0.15, 0.2) is 29.2 Å². The Labute approximate surface area is 137 Å². The van der Waals surface area contributed by atoms with E-state index in [9.17, 15) is 8.76 Å². The first-order valence-electron chi connectivity index (χ1n) is 8.56. The van der Waals surface area contributed by atoms with E-state index >= 15 is 0 Å². The van der Waals surface area contributed by atoms with E-state index in [2.05, 4.69) is 6.92 Å². The third-order valence-electron chi connectivity index (χ3n) is 5.11. The fourth-order valence-electron chi connectivity index (χ4n) is 3.69. The largest absolute Gasteiger partial charge is 0.327 e. The molecule has 0 aliphatic heterocycles. The predicted molar refractivity (Wildman–Crippen MR) is 92.1 cm³/mol. The van der Waals surface area contributed by atoms with Crippen molar-refractivity contribution in [3.8, 4) is 0 Å². The molecule has 2 unspecified atom stereocenters. The van der Waals surface area contributed by atoms with E-state index in [1.54, 1.807) is 6.07 Å². The lowest BCUT2D eigenvalue weighted by molar-refractivity contribution is 0.265. The molecular weight excluding hydrogens is 294 g/mol. The minimum Gasteiger partial charge on any atom is -0.327 e. The second kappa shape index (κ2) is 8.80. The Morgan fingerprint density at radius 2 is 1.95 bits per heavy atom. The summed E-state index contributed by atoms with van der Waals surface area (Å²) in [5.41, 5.74) is 7.46. The van der Waals surface area contributed by atoms with E-state index in [1.165, 1.54) is 32.1 Å². The van der Waals surface area contributed by atoms with Crippen LogP contribution >= 0.6 is 0 Å². The zero-order valence-electron chi connectivity index (χ0n) is 13.5. The van der Waals surface area contributed by atoms with Crippen molar-refractivity contribution in [3.05, 3.63) is 29.8 Å². The molecule has 0 spiro atoms. The average molecular weight is 324 g/mol. The van der Waals surface area contributed by atoms with E-state index in [0.29, 0.717) is 16.7 Å². The summed E-state index contributed by atoms with van der Waals surface area (Å²) in [7, 11) is 0. The van der Waals surface area contributed by atoms with E-state index < -0.39 is 11.1 Å². The fourth-order valence-corrected chi connectivity index (χ4v) is 4.26. The van der Waals surface area contributed by atoms with Crippen molar-refractivity contribution in [2.45, 2.75) is 69.2 Å². The summed E-state index contributed by atoms with van der Waals surface area (Å²) in [4.78, 5) is 0.548. The van der Waals surface area contributed by atoms with Crippen molar-refractivity contribution >= 4 is 11.1 Å². The quantitative estimate of drug-likeness (QED) is 0.741. The molecule has 3 N–H and O–H groups in total. The zero-order valence-corrected chi connectivity index (χ0v) is 14.4. The first-order chi connectivity index (χ1) is 10.6. The molecule has 0 bridgehead atoms. The highest BCUT2D eigenvalue weighted by atomic mass is 32.2. The summed E-state index contributed by atoms with van der Waals surface area (Å²) in [5, 5.41) is 0. The Balaban J connectivity index is 1.98.